The molecule has 1 aromatic rings. The fourth-order valence-corrected chi connectivity index (χ4v) is 1.95. The predicted molar refractivity (Wildman–Crippen MR) is 56.1 cm³/mol. The number of nitrogens with one attached hydrogen (secondary N) is 1. The molecule has 3 nitrogen and oxygen atoms in total. The topological polar surface area (TPSA) is 58.3 Å². The summed E-state index contributed by atoms with van der Waals surface area (Å²) >= 11 is 7.30. The van der Waals surface area contributed by atoms with E-state index in [1.165, 1.54) is 4.88 Å². The lowest BCUT2D eigenvalue weighted by Gasteiger charge is -2.08. The molecule has 0 saturated carbocycles. The first-order valence-corrected chi connectivity index (χ1v) is 5.23. The Morgan fingerprint density at radius 1 is 1.62 bits per heavy atom. The van der Waals surface area contributed by atoms with Gasteiger partial charge in [0.2, 0.25) is 0 Å². The Labute approximate surface area is 86.5 Å². The van der Waals surface area contributed by atoms with Crippen molar-refractivity contribution in [2.45, 2.75) is 12.6 Å². The van der Waals surface area contributed by atoms with Crippen molar-refractivity contribution in [1.82, 2.24) is 5.32 Å². The van der Waals surface area contributed by atoms with Crippen molar-refractivity contribution >= 4 is 22.9 Å². The zero-order valence-electron chi connectivity index (χ0n) is 7.16. The number of hydrogen-bond acceptors (Lipinski definition) is 4. The number of hydrogen-bond donors (Lipinski definition) is 3. The third-order valence-electron chi connectivity index (χ3n) is 1.57. The minimum absolute atomic E-state index is 0.0121. The molecule has 0 spiro atoms. The summed E-state index contributed by atoms with van der Waals surface area (Å²) in [5, 5.41) is 11.8. The van der Waals surface area contributed by atoms with E-state index in [2.05, 4.69) is 5.32 Å². The molecule has 1 aromatic heterocycles. The maximum Gasteiger partial charge on any atom is 0.0931 e. The molecule has 1 rings (SSSR count). The van der Waals surface area contributed by atoms with Crippen molar-refractivity contribution in [2.24, 2.45) is 5.73 Å². The smallest absolute Gasteiger partial charge is 0.0931 e. The molecule has 0 fully saturated rings. The predicted octanol–water partition coefficient (Wildman–Crippen LogP) is 0.811. The van der Waals surface area contributed by atoms with Crippen molar-refractivity contribution in [1.29, 1.82) is 0 Å². The van der Waals surface area contributed by atoms with E-state index in [1.54, 1.807) is 11.3 Å². The van der Waals surface area contributed by atoms with Crippen molar-refractivity contribution in [3.63, 3.8) is 0 Å². The summed E-state index contributed by atoms with van der Waals surface area (Å²) in [4.78, 5) is 1.18. The van der Waals surface area contributed by atoms with Gasteiger partial charge in [0.25, 0.3) is 0 Å². The number of nitrogens with two attached hydrogens (primary N) is 1. The summed E-state index contributed by atoms with van der Waals surface area (Å²) in [7, 11) is 0. The zero-order valence-corrected chi connectivity index (χ0v) is 8.74. The fourth-order valence-electron chi connectivity index (χ4n) is 0.892. The third kappa shape index (κ3) is 4.06. The Hall–Kier alpha value is -0.130. The summed E-state index contributed by atoms with van der Waals surface area (Å²) in [6.45, 7) is 1.38. The van der Waals surface area contributed by atoms with E-state index in [-0.39, 0.29) is 12.6 Å². The van der Waals surface area contributed by atoms with E-state index in [4.69, 9.17) is 22.4 Å². The molecule has 74 valence electrons. The second kappa shape index (κ2) is 5.57. The minimum atomic E-state index is -0.185. The first-order chi connectivity index (χ1) is 6.22. The van der Waals surface area contributed by atoms with E-state index in [1.807, 2.05) is 12.1 Å². The highest BCUT2D eigenvalue weighted by atomic mass is 35.5. The summed E-state index contributed by atoms with van der Waals surface area (Å²) in [5.74, 6) is 0. The van der Waals surface area contributed by atoms with Crippen LogP contribution in [0.4, 0.5) is 0 Å². The Morgan fingerprint density at radius 2 is 2.38 bits per heavy atom. The molecule has 0 aliphatic carbocycles. The number of halogens is 1. The molecule has 0 aliphatic heterocycles. The summed E-state index contributed by atoms with van der Waals surface area (Å²) in [5.41, 5.74) is 5.51. The SMILES string of the molecule is NC(CO)CNCc1ccc(Cl)s1. The van der Waals surface area contributed by atoms with E-state index < -0.39 is 0 Å². The Bertz CT molecular complexity index is 254. The molecule has 1 atom stereocenters. The Morgan fingerprint density at radius 3 is 2.92 bits per heavy atom. The van der Waals surface area contributed by atoms with Gasteiger partial charge in [0.05, 0.1) is 10.9 Å². The second-order valence-electron chi connectivity index (χ2n) is 2.78. The molecule has 1 heterocycles. The van der Waals surface area contributed by atoms with Gasteiger partial charge < -0.3 is 16.2 Å². The molecule has 13 heavy (non-hydrogen) atoms. The van der Waals surface area contributed by atoms with Gasteiger partial charge in [-0.25, -0.2) is 0 Å². The maximum atomic E-state index is 8.65. The molecule has 0 radical (unpaired) electrons. The fraction of sp³-hybridized carbons (Fsp3) is 0.500. The molecular weight excluding hydrogens is 208 g/mol. The van der Waals surface area contributed by atoms with Crippen LogP contribution in [0.2, 0.25) is 4.34 Å². The monoisotopic (exact) mass is 220 g/mol. The van der Waals surface area contributed by atoms with Crippen LogP contribution in [0.15, 0.2) is 12.1 Å². The van der Waals surface area contributed by atoms with Crippen molar-refractivity contribution in [3.05, 3.63) is 21.3 Å². The quantitative estimate of drug-likeness (QED) is 0.689. The average molecular weight is 221 g/mol. The molecule has 0 amide bonds. The summed E-state index contributed by atoms with van der Waals surface area (Å²) < 4.78 is 0.795. The van der Waals surface area contributed by atoms with Crippen LogP contribution >= 0.6 is 22.9 Å². The molecule has 0 aliphatic rings. The van der Waals surface area contributed by atoms with Gasteiger partial charge in [0.15, 0.2) is 0 Å². The first-order valence-electron chi connectivity index (χ1n) is 4.03. The van der Waals surface area contributed by atoms with Gasteiger partial charge in [-0.15, -0.1) is 11.3 Å². The van der Waals surface area contributed by atoms with Crippen molar-refractivity contribution in [3.8, 4) is 0 Å². The van der Waals surface area contributed by atoms with Gasteiger partial charge in [-0.2, -0.15) is 0 Å². The van der Waals surface area contributed by atoms with Crippen LogP contribution < -0.4 is 11.1 Å². The molecule has 1 unspecified atom stereocenters. The average Bonchev–Trinajstić information content (AvgIpc) is 2.51. The van der Waals surface area contributed by atoms with Crippen LogP contribution in [0.5, 0.6) is 0 Å². The van der Waals surface area contributed by atoms with Crippen molar-refractivity contribution in [2.75, 3.05) is 13.2 Å². The lowest BCUT2D eigenvalue weighted by atomic mass is 10.3. The number of rotatable bonds is 5. The molecule has 0 aromatic carbocycles. The van der Waals surface area contributed by atoms with Gasteiger partial charge >= 0.3 is 0 Å². The van der Waals surface area contributed by atoms with Gasteiger partial charge in [-0.1, -0.05) is 11.6 Å². The molecule has 5 heteroatoms. The molecule has 4 N–H and O–H groups in total. The number of aliphatic hydroxyl groups is 1. The van der Waals surface area contributed by atoms with Crippen LogP contribution in [0.25, 0.3) is 0 Å². The van der Waals surface area contributed by atoms with Gasteiger partial charge in [-0.05, 0) is 12.1 Å². The largest absolute Gasteiger partial charge is 0.395 e. The summed E-state index contributed by atoms with van der Waals surface area (Å²) in [6.07, 6.45) is 0. The molecular formula is C8H13ClN2OS. The second-order valence-corrected chi connectivity index (χ2v) is 4.58. The number of thiophene rings is 1. The van der Waals surface area contributed by atoms with Gasteiger partial charge in [0, 0.05) is 24.0 Å². The zero-order chi connectivity index (χ0) is 9.68. The van der Waals surface area contributed by atoms with Crippen LogP contribution in [0.3, 0.4) is 0 Å². The van der Waals surface area contributed by atoms with E-state index in [0.717, 1.165) is 10.9 Å². The lowest BCUT2D eigenvalue weighted by Crippen LogP contribution is -2.36. The minimum Gasteiger partial charge on any atom is -0.395 e. The number of aliphatic hydroxyl groups excluding tert-OH is 1. The van der Waals surface area contributed by atoms with Crippen LogP contribution in [0.1, 0.15) is 4.88 Å². The summed E-state index contributed by atoms with van der Waals surface area (Å²) in [6, 6.07) is 3.66. The maximum absolute atomic E-state index is 8.65. The van der Waals surface area contributed by atoms with Gasteiger partial charge in [0.1, 0.15) is 0 Å². The standard InChI is InChI=1S/C8H13ClN2OS/c9-8-2-1-7(13-8)4-11-3-6(10)5-12/h1-2,6,11-12H,3-5,10H2. The van der Waals surface area contributed by atoms with E-state index >= 15 is 0 Å². The Balaban J connectivity index is 2.20. The normalized spacial score (nSPS) is 13.2. The third-order valence-corrected chi connectivity index (χ3v) is 2.80. The highest BCUT2D eigenvalue weighted by Gasteiger charge is 2.00. The van der Waals surface area contributed by atoms with Crippen LogP contribution in [-0.4, -0.2) is 24.3 Å². The molecule has 0 bridgehead atoms. The van der Waals surface area contributed by atoms with Crippen LogP contribution in [0, 0.1) is 0 Å². The molecule has 0 saturated heterocycles. The van der Waals surface area contributed by atoms with E-state index in [9.17, 15) is 0 Å². The van der Waals surface area contributed by atoms with Crippen molar-refractivity contribution < 1.29 is 5.11 Å². The van der Waals surface area contributed by atoms with Gasteiger partial charge in [-0.3, -0.25) is 0 Å². The first kappa shape index (κ1) is 10.9. The lowest BCUT2D eigenvalue weighted by molar-refractivity contribution is 0.262. The van der Waals surface area contributed by atoms with E-state index in [0.29, 0.717) is 6.54 Å². The highest BCUT2D eigenvalue weighted by molar-refractivity contribution is 7.16. The highest BCUT2D eigenvalue weighted by Crippen LogP contribution is 2.20. The van der Waals surface area contributed by atoms with Crippen LogP contribution in [-0.2, 0) is 6.54 Å². The Kier molecular flexibility index (Phi) is 4.69.